The van der Waals surface area contributed by atoms with Crippen molar-refractivity contribution in [3.05, 3.63) is 104 Å². The fourth-order valence-corrected chi connectivity index (χ4v) is 7.34. The maximum atomic E-state index is 14.6. The second-order valence-electron chi connectivity index (χ2n) is 12.4. The molecule has 0 radical (unpaired) electrons. The Morgan fingerprint density at radius 1 is 0.979 bits per heavy atom. The van der Waals surface area contributed by atoms with Gasteiger partial charge in [0.15, 0.2) is 0 Å². The van der Waals surface area contributed by atoms with Gasteiger partial charge in [0, 0.05) is 42.3 Å². The minimum Gasteiger partial charge on any atom is -0.492 e. The largest absolute Gasteiger partial charge is 0.492 e. The Morgan fingerprint density at radius 2 is 1.73 bits per heavy atom. The van der Waals surface area contributed by atoms with Crippen molar-refractivity contribution in [3.8, 4) is 5.75 Å². The molecule has 1 saturated heterocycles. The standard InChI is InChI=1S/C36H36BrClFN3O6/c37-29-14-11-25(39)18-32(29)48-17-3-4-22-7-9-23(10-8-22)28-19-27-20-40(35(44)45)21-31(42(27)36(46)47)33(28)34(43)41(26-12-13-26)16-15-24-5-1-2-6-30(24)38/h1-2,5-11,14,18,26-27,31H,3-4,12-13,15-17,19-21H2,(H,44,45)(H,46,47)/t27-,31-/m1/s1. The quantitative estimate of drug-likeness (QED) is 0.199. The molecule has 1 saturated carbocycles. The lowest BCUT2D eigenvalue weighted by atomic mass is 9.81. The normalized spacial score (nSPS) is 18.9. The molecule has 2 N–H and O–H groups in total. The number of carboxylic acid groups (broad SMARTS) is 2. The summed E-state index contributed by atoms with van der Waals surface area (Å²) < 4.78 is 20.0. The summed E-state index contributed by atoms with van der Waals surface area (Å²) in [6.45, 7) is 0.711. The molecule has 48 heavy (non-hydrogen) atoms. The molecule has 252 valence electrons. The minimum absolute atomic E-state index is 0.0292. The predicted molar refractivity (Wildman–Crippen MR) is 183 cm³/mol. The van der Waals surface area contributed by atoms with E-state index in [1.54, 1.807) is 6.07 Å². The SMILES string of the molecule is O=C(O)N1C[C@H]2CC(c3ccc(CCCOc4cc(F)ccc4Br)cc3)=C(C(=O)N(CCc3ccccc3Cl)C3CC3)[C@@H](C1)N2C(=O)O. The lowest BCUT2D eigenvalue weighted by Crippen LogP contribution is -2.65. The number of benzene rings is 3. The number of nitrogens with zero attached hydrogens (tertiary/aromatic N) is 3. The van der Waals surface area contributed by atoms with Gasteiger partial charge < -0.3 is 24.7 Å². The first-order valence-electron chi connectivity index (χ1n) is 16.0. The third-order valence-electron chi connectivity index (χ3n) is 9.26. The molecule has 3 amide bonds. The lowest BCUT2D eigenvalue weighted by Gasteiger charge is -2.49. The van der Waals surface area contributed by atoms with Gasteiger partial charge in [0.05, 0.1) is 23.2 Å². The summed E-state index contributed by atoms with van der Waals surface area (Å²) in [6.07, 6.45) is 1.55. The summed E-state index contributed by atoms with van der Waals surface area (Å²) in [5.41, 5.74) is 3.88. The van der Waals surface area contributed by atoms with Gasteiger partial charge in [-0.2, -0.15) is 0 Å². The van der Waals surface area contributed by atoms with E-state index in [9.17, 15) is 29.0 Å². The molecule has 2 aliphatic heterocycles. The molecule has 9 nitrogen and oxygen atoms in total. The molecular weight excluding hydrogens is 705 g/mol. The Bertz CT molecular complexity index is 1730. The van der Waals surface area contributed by atoms with Crippen LogP contribution in [0.15, 0.2) is 76.8 Å². The first-order valence-corrected chi connectivity index (χ1v) is 17.2. The van der Waals surface area contributed by atoms with Crippen LogP contribution in [0, 0.1) is 5.82 Å². The number of amides is 3. The van der Waals surface area contributed by atoms with Gasteiger partial charge in [-0.15, -0.1) is 0 Å². The van der Waals surface area contributed by atoms with Crippen molar-refractivity contribution in [1.82, 2.24) is 14.7 Å². The smallest absolute Gasteiger partial charge is 0.408 e. The molecule has 12 heteroatoms. The van der Waals surface area contributed by atoms with Crippen molar-refractivity contribution in [3.63, 3.8) is 0 Å². The minimum atomic E-state index is -1.17. The number of rotatable bonds is 11. The van der Waals surface area contributed by atoms with Crippen LogP contribution in [0.3, 0.4) is 0 Å². The molecule has 2 atom stereocenters. The second kappa shape index (κ2) is 14.6. The monoisotopic (exact) mass is 739 g/mol. The zero-order valence-electron chi connectivity index (χ0n) is 26.2. The molecule has 6 rings (SSSR count). The van der Waals surface area contributed by atoms with Gasteiger partial charge in [0.2, 0.25) is 0 Å². The van der Waals surface area contributed by atoms with Crippen molar-refractivity contribution in [1.29, 1.82) is 0 Å². The zero-order valence-corrected chi connectivity index (χ0v) is 28.5. The van der Waals surface area contributed by atoms with Crippen LogP contribution < -0.4 is 4.74 Å². The van der Waals surface area contributed by atoms with Crippen molar-refractivity contribution in [2.45, 2.75) is 56.7 Å². The van der Waals surface area contributed by atoms with Gasteiger partial charge >= 0.3 is 12.2 Å². The number of aryl methyl sites for hydroxylation is 1. The number of ether oxygens (including phenoxy) is 1. The summed E-state index contributed by atoms with van der Waals surface area (Å²) in [4.78, 5) is 43.6. The summed E-state index contributed by atoms with van der Waals surface area (Å²) in [5, 5.41) is 20.8. The average molecular weight is 741 g/mol. The molecule has 3 aromatic carbocycles. The number of carbonyl (C=O) groups excluding carboxylic acids is 1. The fourth-order valence-electron chi connectivity index (χ4n) is 6.75. The van der Waals surface area contributed by atoms with Crippen LogP contribution in [0.1, 0.15) is 42.4 Å². The first-order chi connectivity index (χ1) is 23.1. The van der Waals surface area contributed by atoms with Crippen molar-refractivity contribution >= 4 is 51.2 Å². The molecule has 2 fully saturated rings. The van der Waals surface area contributed by atoms with E-state index in [2.05, 4.69) is 15.9 Å². The van der Waals surface area contributed by atoms with E-state index in [4.69, 9.17) is 16.3 Å². The fraction of sp³-hybridized carbons (Fsp3) is 0.361. The van der Waals surface area contributed by atoms with E-state index in [1.165, 1.54) is 21.9 Å². The van der Waals surface area contributed by atoms with Crippen LogP contribution in [-0.4, -0.2) is 87.4 Å². The van der Waals surface area contributed by atoms with Crippen LogP contribution in [0.2, 0.25) is 5.02 Å². The van der Waals surface area contributed by atoms with Crippen LogP contribution in [0.5, 0.6) is 5.75 Å². The highest BCUT2D eigenvalue weighted by Crippen LogP contribution is 2.41. The van der Waals surface area contributed by atoms with Gasteiger partial charge in [0.1, 0.15) is 11.6 Å². The van der Waals surface area contributed by atoms with E-state index in [0.717, 1.165) is 35.1 Å². The second-order valence-corrected chi connectivity index (χ2v) is 13.7. The maximum Gasteiger partial charge on any atom is 0.408 e. The number of carbonyl (C=O) groups is 3. The van der Waals surface area contributed by atoms with Crippen LogP contribution in [-0.2, 0) is 17.6 Å². The predicted octanol–water partition coefficient (Wildman–Crippen LogP) is 7.36. The van der Waals surface area contributed by atoms with Gasteiger partial charge in [0.25, 0.3) is 5.91 Å². The molecule has 0 spiro atoms. The van der Waals surface area contributed by atoms with Gasteiger partial charge in [-0.3, -0.25) is 9.69 Å². The van der Waals surface area contributed by atoms with Crippen molar-refractivity contribution in [2.24, 2.45) is 0 Å². The first kappa shape index (κ1) is 33.8. The van der Waals surface area contributed by atoms with E-state index in [-0.39, 0.29) is 37.3 Å². The van der Waals surface area contributed by atoms with Crippen molar-refractivity contribution < 1.29 is 33.7 Å². The molecule has 2 heterocycles. The Labute approximate surface area is 291 Å². The zero-order chi connectivity index (χ0) is 33.9. The molecule has 0 unspecified atom stereocenters. The number of hydrogen-bond acceptors (Lipinski definition) is 4. The number of fused-ring (bicyclic) bond motifs is 2. The number of hydrogen-bond donors (Lipinski definition) is 2. The van der Waals surface area contributed by atoms with Gasteiger partial charge in [-0.25, -0.2) is 14.0 Å². The van der Waals surface area contributed by atoms with E-state index in [0.29, 0.717) is 53.2 Å². The molecule has 0 aromatic heterocycles. The topological polar surface area (TPSA) is 111 Å². The summed E-state index contributed by atoms with van der Waals surface area (Å²) >= 11 is 9.80. The van der Waals surface area contributed by atoms with Gasteiger partial charge in [-0.1, -0.05) is 54.1 Å². The molecule has 1 aliphatic carbocycles. The lowest BCUT2D eigenvalue weighted by molar-refractivity contribution is -0.128. The maximum absolute atomic E-state index is 14.6. The van der Waals surface area contributed by atoms with E-state index in [1.807, 2.05) is 53.4 Å². The highest BCUT2D eigenvalue weighted by Gasteiger charge is 2.49. The molecule has 3 aliphatic rings. The highest BCUT2D eigenvalue weighted by atomic mass is 79.9. The van der Waals surface area contributed by atoms with Crippen LogP contribution in [0.25, 0.3) is 5.57 Å². The summed E-state index contributed by atoms with van der Waals surface area (Å²) in [7, 11) is 0. The molecular formula is C36H36BrClFN3O6. The highest BCUT2D eigenvalue weighted by molar-refractivity contribution is 9.10. The Hall–Kier alpha value is -4.09. The Kier molecular flexibility index (Phi) is 10.3. The third kappa shape index (κ3) is 7.47. The summed E-state index contributed by atoms with van der Waals surface area (Å²) in [5.74, 6) is -0.182. The number of piperazine rings is 1. The molecule has 2 bridgehead atoms. The van der Waals surface area contributed by atoms with E-state index >= 15 is 0 Å². The average Bonchev–Trinajstić information content (AvgIpc) is 3.90. The third-order valence-corrected chi connectivity index (χ3v) is 10.3. The van der Waals surface area contributed by atoms with E-state index < -0.39 is 24.3 Å². The van der Waals surface area contributed by atoms with Crippen LogP contribution in [0.4, 0.5) is 14.0 Å². The van der Waals surface area contributed by atoms with Crippen LogP contribution >= 0.6 is 27.5 Å². The Balaban J connectivity index is 1.27. The van der Waals surface area contributed by atoms with Gasteiger partial charge in [-0.05, 0) is 94.9 Å². The Morgan fingerprint density at radius 3 is 2.42 bits per heavy atom. The molecule has 3 aromatic rings. The van der Waals surface area contributed by atoms with Crippen molar-refractivity contribution in [2.75, 3.05) is 26.2 Å². The number of halogens is 3. The summed E-state index contributed by atoms with van der Waals surface area (Å²) in [6, 6.07) is 18.2.